The first kappa shape index (κ1) is 15.5. The summed E-state index contributed by atoms with van der Waals surface area (Å²) in [6, 6.07) is 14.6. The maximum atomic E-state index is 12.5. The van der Waals surface area contributed by atoms with E-state index in [-0.39, 0.29) is 12.3 Å². The Kier molecular flexibility index (Phi) is 4.07. The number of rotatable bonds is 5. The van der Waals surface area contributed by atoms with E-state index in [2.05, 4.69) is 30.3 Å². The first-order valence-corrected chi connectivity index (χ1v) is 7.97. The van der Waals surface area contributed by atoms with Gasteiger partial charge in [0.1, 0.15) is 0 Å². The van der Waals surface area contributed by atoms with Gasteiger partial charge in [0.15, 0.2) is 0 Å². The average Bonchev–Trinajstić information content (AvgIpc) is 2.79. The summed E-state index contributed by atoms with van der Waals surface area (Å²) < 4.78 is 0. The highest BCUT2D eigenvalue weighted by molar-refractivity contribution is 5.88. The largest absolute Gasteiger partial charge is 0.481 e. The van der Waals surface area contributed by atoms with Crippen LogP contribution in [0.1, 0.15) is 25.3 Å². The number of hydrogen-bond acceptors (Lipinski definition) is 2. The maximum Gasteiger partial charge on any atom is 0.304 e. The number of benzene rings is 2. The lowest BCUT2D eigenvalue weighted by Crippen LogP contribution is -2.35. The molecule has 1 aliphatic heterocycles. The minimum atomic E-state index is -0.905. The Balaban J connectivity index is 1.66. The number of nitrogens with zero attached hydrogens (tertiary/aromatic N) is 1. The summed E-state index contributed by atoms with van der Waals surface area (Å²) in [6.45, 7) is 3.06. The van der Waals surface area contributed by atoms with Gasteiger partial charge in [0.25, 0.3) is 0 Å². The van der Waals surface area contributed by atoms with Crippen molar-refractivity contribution in [2.45, 2.75) is 26.2 Å². The fraction of sp³-hybridized carbons (Fsp3) is 0.368. The molecule has 0 radical (unpaired) electrons. The first-order chi connectivity index (χ1) is 11.0. The van der Waals surface area contributed by atoms with Crippen LogP contribution in [0.25, 0.3) is 10.8 Å². The topological polar surface area (TPSA) is 57.6 Å². The molecule has 0 spiro atoms. The Bertz CT molecular complexity index is 755. The average molecular weight is 311 g/mol. The molecule has 23 heavy (non-hydrogen) atoms. The predicted octanol–water partition coefficient (Wildman–Crippen LogP) is 3.10. The van der Waals surface area contributed by atoms with Crippen LogP contribution in [0.15, 0.2) is 42.5 Å². The Morgan fingerprint density at radius 1 is 1.22 bits per heavy atom. The highest BCUT2D eigenvalue weighted by Crippen LogP contribution is 2.34. The zero-order valence-corrected chi connectivity index (χ0v) is 13.3. The second-order valence-electron chi connectivity index (χ2n) is 6.60. The molecule has 1 atom stereocenters. The lowest BCUT2D eigenvalue weighted by atomic mass is 9.85. The van der Waals surface area contributed by atoms with E-state index >= 15 is 0 Å². The number of aliphatic carboxylic acids is 1. The van der Waals surface area contributed by atoms with Crippen LogP contribution in [0.3, 0.4) is 0 Å². The number of fused-ring (bicyclic) bond motifs is 1. The van der Waals surface area contributed by atoms with Crippen LogP contribution in [0, 0.1) is 5.41 Å². The predicted molar refractivity (Wildman–Crippen MR) is 89.2 cm³/mol. The molecule has 0 aromatic heterocycles. The van der Waals surface area contributed by atoms with Gasteiger partial charge in [-0.15, -0.1) is 0 Å². The third kappa shape index (κ3) is 3.21. The van der Waals surface area contributed by atoms with Crippen molar-refractivity contribution in [1.29, 1.82) is 0 Å². The van der Waals surface area contributed by atoms with E-state index in [9.17, 15) is 9.59 Å². The summed E-state index contributed by atoms with van der Waals surface area (Å²) in [5.74, 6) is -0.932. The molecule has 1 heterocycles. The molecule has 4 heteroatoms. The Morgan fingerprint density at radius 2 is 1.96 bits per heavy atom. The van der Waals surface area contributed by atoms with E-state index in [1.165, 1.54) is 16.3 Å². The van der Waals surface area contributed by atoms with Crippen molar-refractivity contribution in [2.75, 3.05) is 13.1 Å². The number of amides is 1. The Labute approximate surface area is 135 Å². The van der Waals surface area contributed by atoms with Crippen molar-refractivity contribution in [3.63, 3.8) is 0 Å². The molecule has 1 unspecified atom stereocenters. The molecule has 1 fully saturated rings. The van der Waals surface area contributed by atoms with Crippen LogP contribution in [0.2, 0.25) is 0 Å². The highest BCUT2D eigenvalue weighted by Gasteiger charge is 2.43. The maximum absolute atomic E-state index is 12.5. The van der Waals surface area contributed by atoms with Gasteiger partial charge < -0.3 is 10.0 Å². The molecule has 0 bridgehead atoms. The molecule has 1 amide bonds. The first-order valence-electron chi connectivity index (χ1n) is 7.97. The van der Waals surface area contributed by atoms with Gasteiger partial charge in [-0.2, -0.15) is 0 Å². The van der Waals surface area contributed by atoms with Gasteiger partial charge in [0.05, 0.1) is 11.8 Å². The van der Waals surface area contributed by atoms with Crippen molar-refractivity contribution in [2.24, 2.45) is 5.41 Å². The van der Waals surface area contributed by atoms with Crippen LogP contribution in [-0.2, 0) is 16.0 Å². The van der Waals surface area contributed by atoms with Gasteiger partial charge in [0.2, 0.25) is 5.91 Å². The molecule has 3 rings (SSSR count). The van der Waals surface area contributed by atoms with Crippen molar-refractivity contribution in [3.05, 3.63) is 48.0 Å². The van der Waals surface area contributed by atoms with E-state index < -0.39 is 11.4 Å². The number of likely N-dealkylation sites (tertiary alicyclic amines) is 1. The number of carbonyl (C=O) groups excluding carboxylic acids is 1. The summed E-state index contributed by atoms with van der Waals surface area (Å²) in [5, 5.41) is 11.4. The third-order valence-electron chi connectivity index (χ3n) is 4.76. The summed E-state index contributed by atoms with van der Waals surface area (Å²) in [5.41, 5.74) is 0.457. The highest BCUT2D eigenvalue weighted by atomic mass is 16.4. The summed E-state index contributed by atoms with van der Waals surface area (Å²) in [7, 11) is 0. The fourth-order valence-electron chi connectivity index (χ4n) is 3.34. The van der Waals surface area contributed by atoms with E-state index in [0.29, 0.717) is 19.5 Å². The third-order valence-corrected chi connectivity index (χ3v) is 4.76. The minimum absolute atomic E-state index is 0.0271. The van der Waals surface area contributed by atoms with E-state index in [1.807, 2.05) is 12.1 Å². The Hall–Kier alpha value is -2.36. The smallest absolute Gasteiger partial charge is 0.304 e. The normalized spacial score (nSPS) is 21.1. The fourth-order valence-corrected chi connectivity index (χ4v) is 3.34. The lowest BCUT2D eigenvalue weighted by Gasteiger charge is -2.21. The monoisotopic (exact) mass is 311 g/mol. The molecule has 4 nitrogen and oxygen atoms in total. The summed E-state index contributed by atoms with van der Waals surface area (Å²) >= 11 is 0. The number of hydrogen-bond donors (Lipinski definition) is 1. The SMILES string of the molecule is CC1(CC(=O)O)CCN(CCc2ccc3ccccc3c2)C1=O. The van der Waals surface area contributed by atoms with Crippen LogP contribution >= 0.6 is 0 Å². The summed E-state index contributed by atoms with van der Waals surface area (Å²) in [6.07, 6.45) is 1.33. The second kappa shape index (κ2) is 6.03. The number of carboxylic acid groups (broad SMARTS) is 1. The van der Waals surface area contributed by atoms with Crippen LogP contribution < -0.4 is 0 Å². The van der Waals surface area contributed by atoms with Crippen LogP contribution in [-0.4, -0.2) is 35.0 Å². The van der Waals surface area contributed by atoms with Gasteiger partial charge in [-0.3, -0.25) is 9.59 Å². The second-order valence-corrected chi connectivity index (χ2v) is 6.60. The van der Waals surface area contributed by atoms with Gasteiger partial charge in [-0.1, -0.05) is 49.4 Å². The van der Waals surface area contributed by atoms with Crippen molar-refractivity contribution in [3.8, 4) is 0 Å². The molecule has 2 aromatic rings. The van der Waals surface area contributed by atoms with E-state index in [1.54, 1.807) is 11.8 Å². The molecule has 1 aliphatic rings. The quantitative estimate of drug-likeness (QED) is 0.923. The van der Waals surface area contributed by atoms with E-state index in [0.717, 1.165) is 6.42 Å². The zero-order chi connectivity index (χ0) is 16.4. The zero-order valence-electron chi connectivity index (χ0n) is 13.3. The Morgan fingerprint density at radius 3 is 2.70 bits per heavy atom. The molecule has 1 N–H and O–H groups in total. The number of carbonyl (C=O) groups is 2. The van der Waals surface area contributed by atoms with Crippen LogP contribution in [0.5, 0.6) is 0 Å². The molecule has 0 aliphatic carbocycles. The molecule has 2 aromatic carbocycles. The lowest BCUT2D eigenvalue weighted by molar-refractivity contribution is -0.145. The van der Waals surface area contributed by atoms with Gasteiger partial charge in [0, 0.05) is 13.1 Å². The van der Waals surface area contributed by atoms with Gasteiger partial charge >= 0.3 is 5.97 Å². The summed E-state index contributed by atoms with van der Waals surface area (Å²) in [4.78, 5) is 25.2. The van der Waals surface area contributed by atoms with Gasteiger partial charge in [-0.25, -0.2) is 0 Å². The van der Waals surface area contributed by atoms with Crippen molar-refractivity contribution >= 4 is 22.6 Å². The van der Waals surface area contributed by atoms with E-state index in [4.69, 9.17) is 5.11 Å². The molecule has 1 saturated heterocycles. The standard InChI is InChI=1S/C19H21NO3/c1-19(13-17(21)22)9-11-20(18(19)23)10-8-14-6-7-15-4-2-3-5-16(15)12-14/h2-7,12H,8-11,13H2,1H3,(H,21,22). The number of carboxylic acids is 1. The molecule has 120 valence electrons. The molecular weight excluding hydrogens is 290 g/mol. The van der Waals surface area contributed by atoms with Crippen LogP contribution in [0.4, 0.5) is 0 Å². The van der Waals surface area contributed by atoms with Crippen molar-refractivity contribution in [1.82, 2.24) is 4.90 Å². The van der Waals surface area contributed by atoms with Crippen molar-refractivity contribution < 1.29 is 14.7 Å². The van der Waals surface area contributed by atoms with Gasteiger partial charge in [-0.05, 0) is 29.2 Å². The minimum Gasteiger partial charge on any atom is -0.481 e. The molecular formula is C19H21NO3. The molecule has 0 saturated carbocycles.